The molecule has 1 amide bonds. The van der Waals surface area contributed by atoms with Crippen molar-refractivity contribution in [1.82, 2.24) is 4.90 Å². The number of amides is 1. The molecule has 1 fully saturated rings. The zero-order valence-corrected chi connectivity index (χ0v) is 10.3. The van der Waals surface area contributed by atoms with Crippen molar-refractivity contribution >= 4 is 27.5 Å². The van der Waals surface area contributed by atoms with Gasteiger partial charge in [0.15, 0.2) is 0 Å². The quantitative estimate of drug-likeness (QED) is 0.763. The number of rotatable bonds is 1. The van der Waals surface area contributed by atoms with Gasteiger partial charge in [-0.2, -0.15) is 0 Å². The maximum Gasteiger partial charge on any atom is 0.253 e. The highest BCUT2D eigenvalue weighted by molar-refractivity contribution is 9.10. The highest BCUT2D eigenvalue weighted by Crippen LogP contribution is 2.22. The molecule has 1 unspecified atom stereocenters. The lowest BCUT2D eigenvalue weighted by Gasteiger charge is -2.15. The number of carbonyl (C=O) groups excluding carboxylic acids is 1. The van der Waals surface area contributed by atoms with E-state index in [0.717, 1.165) is 4.47 Å². The minimum Gasteiger partial charge on any atom is -0.398 e. The number of hydrogen-bond acceptors (Lipinski definition) is 3. The first-order valence-electron chi connectivity index (χ1n) is 5.10. The molecule has 1 aliphatic rings. The SMILES string of the molecule is Nc1ccc(C(=O)N2CCC(O)C2)cc1Br. The molecule has 2 rings (SSSR count). The van der Waals surface area contributed by atoms with E-state index in [4.69, 9.17) is 5.73 Å². The van der Waals surface area contributed by atoms with E-state index in [-0.39, 0.29) is 12.0 Å². The molecular weight excluding hydrogens is 272 g/mol. The fraction of sp³-hybridized carbons (Fsp3) is 0.364. The van der Waals surface area contributed by atoms with Crippen molar-refractivity contribution in [3.63, 3.8) is 0 Å². The number of likely N-dealkylation sites (tertiary alicyclic amines) is 1. The summed E-state index contributed by atoms with van der Waals surface area (Å²) in [6.07, 6.45) is 0.267. The largest absolute Gasteiger partial charge is 0.398 e. The fourth-order valence-corrected chi connectivity index (χ4v) is 2.15. The van der Waals surface area contributed by atoms with Gasteiger partial charge in [-0.3, -0.25) is 4.79 Å². The van der Waals surface area contributed by atoms with Crippen molar-refractivity contribution in [2.75, 3.05) is 18.8 Å². The number of carbonyl (C=O) groups is 1. The minimum atomic E-state index is -0.388. The van der Waals surface area contributed by atoms with Crippen LogP contribution in [-0.2, 0) is 0 Å². The second kappa shape index (κ2) is 4.43. The van der Waals surface area contributed by atoms with Crippen molar-refractivity contribution in [2.45, 2.75) is 12.5 Å². The molecule has 1 atom stereocenters. The van der Waals surface area contributed by atoms with E-state index in [2.05, 4.69) is 15.9 Å². The standard InChI is InChI=1S/C11H13BrN2O2/c12-9-5-7(1-2-10(9)13)11(16)14-4-3-8(15)6-14/h1-2,5,8,15H,3-4,6,13H2. The molecule has 1 heterocycles. The Hall–Kier alpha value is -1.07. The zero-order valence-electron chi connectivity index (χ0n) is 8.69. The molecule has 0 saturated carbocycles. The van der Waals surface area contributed by atoms with E-state index in [9.17, 15) is 9.90 Å². The molecule has 86 valence electrons. The number of benzene rings is 1. The van der Waals surface area contributed by atoms with Crippen LogP contribution in [0.5, 0.6) is 0 Å². The Labute approximate surface area is 102 Å². The number of nitrogen functional groups attached to an aromatic ring is 1. The van der Waals surface area contributed by atoms with Gasteiger partial charge in [0, 0.05) is 28.8 Å². The second-order valence-corrected chi connectivity index (χ2v) is 4.78. The van der Waals surface area contributed by atoms with Crippen molar-refractivity contribution in [1.29, 1.82) is 0 Å². The first kappa shape index (κ1) is 11.4. The summed E-state index contributed by atoms with van der Waals surface area (Å²) in [4.78, 5) is 13.7. The van der Waals surface area contributed by atoms with Crippen LogP contribution in [0.3, 0.4) is 0 Å². The molecule has 16 heavy (non-hydrogen) atoms. The van der Waals surface area contributed by atoms with Crippen LogP contribution in [0.15, 0.2) is 22.7 Å². The van der Waals surface area contributed by atoms with E-state index in [1.807, 2.05) is 0 Å². The molecule has 3 N–H and O–H groups in total. The molecule has 4 nitrogen and oxygen atoms in total. The molecular formula is C11H13BrN2O2. The normalized spacial score (nSPS) is 20.1. The molecule has 1 aromatic carbocycles. The van der Waals surface area contributed by atoms with Gasteiger partial charge in [-0.05, 0) is 40.5 Å². The number of aliphatic hydroxyl groups is 1. The van der Waals surface area contributed by atoms with E-state index in [1.165, 1.54) is 0 Å². The lowest BCUT2D eigenvalue weighted by molar-refractivity contribution is 0.0765. The second-order valence-electron chi connectivity index (χ2n) is 3.93. The van der Waals surface area contributed by atoms with E-state index >= 15 is 0 Å². The topological polar surface area (TPSA) is 66.6 Å². The first-order valence-corrected chi connectivity index (χ1v) is 5.89. The predicted molar refractivity (Wildman–Crippen MR) is 65.1 cm³/mol. The third-order valence-corrected chi connectivity index (χ3v) is 3.38. The van der Waals surface area contributed by atoms with Crippen LogP contribution in [0, 0.1) is 0 Å². The van der Waals surface area contributed by atoms with Crippen molar-refractivity contribution in [2.24, 2.45) is 0 Å². The summed E-state index contributed by atoms with van der Waals surface area (Å²) < 4.78 is 0.720. The summed E-state index contributed by atoms with van der Waals surface area (Å²) in [5.41, 5.74) is 6.85. The number of anilines is 1. The Balaban J connectivity index is 2.18. The molecule has 5 heteroatoms. The molecule has 0 aliphatic carbocycles. The van der Waals surface area contributed by atoms with Crippen molar-refractivity contribution in [3.05, 3.63) is 28.2 Å². The Morgan fingerprint density at radius 3 is 2.88 bits per heavy atom. The van der Waals surface area contributed by atoms with Gasteiger partial charge in [-0.1, -0.05) is 0 Å². The summed E-state index contributed by atoms with van der Waals surface area (Å²) in [7, 11) is 0. The fourth-order valence-electron chi connectivity index (χ4n) is 1.77. The van der Waals surface area contributed by atoms with Gasteiger partial charge < -0.3 is 15.7 Å². The van der Waals surface area contributed by atoms with E-state index in [0.29, 0.717) is 30.8 Å². The summed E-state index contributed by atoms with van der Waals surface area (Å²) in [6.45, 7) is 1.03. The van der Waals surface area contributed by atoms with Gasteiger partial charge in [0.1, 0.15) is 0 Å². The molecule has 1 aliphatic heterocycles. The van der Waals surface area contributed by atoms with Gasteiger partial charge in [-0.25, -0.2) is 0 Å². The van der Waals surface area contributed by atoms with Gasteiger partial charge in [0.2, 0.25) is 0 Å². The summed E-state index contributed by atoms with van der Waals surface area (Å²) in [5.74, 6) is -0.0581. The number of nitrogens with two attached hydrogens (primary N) is 1. The maximum absolute atomic E-state index is 12.0. The molecule has 0 aromatic heterocycles. The maximum atomic E-state index is 12.0. The summed E-state index contributed by atoms with van der Waals surface area (Å²) in [6, 6.07) is 5.11. The van der Waals surface area contributed by atoms with Gasteiger partial charge in [0.05, 0.1) is 6.10 Å². The Kier molecular flexibility index (Phi) is 3.16. The highest BCUT2D eigenvalue weighted by Gasteiger charge is 2.25. The van der Waals surface area contributed by atoms with Crippen molar-refractivity contribution in [3.8, 4) is 0 Å². The lowest BCUT2D eigenvalue weighted by atomic mass is 10.2. The van der Waals surface area contributed by atoms with Gasteiger partial charge in [-0.15, -0.1) is 0 Å². The van der Waals surface area contributed by atoms with Gasteiger partial charge >= 0.3 is 0 Å². The Morgan fingerprint density at radius 1 is 1.56 bits per heavy atom. The molecule has 0 bridgehead atoms. The summed E-state index contributed by atoms with van der Waals surface area (Å²) in [5, 5.41) is 9.37. The highest BCUT2D eigenvalue weighted by atomic mass is 79.9. The third kappa shape index (κ3) is 2.20. The van der Waals surface area contributed by atoms with Crippen LogP contribution in [0.2, 0.25) is 0 Å². The molecule has 0 radical (unpaired) electrons. The minimum absolute atomic E-state index is 0.0581. The smallest absolute Gasteiger partial charge is 0.253 e. The number of halogens is 1. The third-order valence-electron chi connectivity index (χ3n) is 2.70. The van der Waals surface area contributed by atoms with Crippen molar-refractivity contribution < 1.29 is 9.90 Å². The molecule has 0 spiro atoms. The number of nitrogens with zero attached hydrogens (tertiary/aromatic N) is 1. The average Bonchev–Trinajstić information content (AvgIpc) is 2.68. The van der Waals surface area contributed by atoms with Gasteiger partial charge in [0.25, 0.3) is 5.91 Å². The number of hydrogen-bond donors (Lipinski definition) is 2. The molecule has 1 saturated heterocycles. The van der Waals surface area contributed by atoms with Crippen LogP contribution in [0.1, 0.15) is 16.8 Å². The average molecular weight is 285 g/mol. The monoisotopic (exact) mass is 284 g/mol. The summed E-state index contributed by atoms with van der Waals surface area (Å²) >= 11 is 3.29. The van der Waals surface area contributed by atoms with E-state index in [1.54, 1.807) is 23.1 Å². The Morgan fingerprint density at radius 2 is 2.31 bits per heavy atom. The van der Waals surface area contributed by atoms with Crippen LogP contribution in [-0.4, -0.2) is 35.1 Å². The van der Waals surface area contributed by atoms with E-state index < -0.39 is 0 Å². The number of aliphatic hydroxyl groups excluding tert-OH is 1. The zero-order chi connectivity index (χ0) is 11.7. The van der Waals surface area contributed by atoms with Crippen LogP contribution >= 0.6 is 15.9 Å². The molecule has 1 aromatic rings. The Bertz CT molecular complexity index is 422. The number of β-amino-alcohol motifs (C(OH)–C–C–N with tert-alkyl or cyclic N) is 1. The van der Waals surface area contributed by atoms with Crippen LogP contribution < -0.4 is 5.73 Å². The first-order chi connectivity index (χ1) is 7.58. The van der Waals surface area contributed by atoms with Crippen LogP contribution in [0.4, 0.5) is 5.69 Å². The lowest BCUT2D eigenvalue weighted by Crippen LogP contribution is -2.29. The van der Waals surface area contributed by atoms with Crippen LogP contribution in [0.25, 0.3) is 0 Å². The predicted octanol–water partition coefficient (Wildman–Crippen LogP) is 1.24.